The van der Waals surface area contributed by atoms with Gasteiger partial charge < -0.3 is 18.4 Å². The molecule has 0 saturated carbocycles. The lowest BCUT2D eigenvalue weighted by atomic mass is 9.95. The van der Waals surface area contributed by atoms with E-state index >= 15 is 0 Å². The number of halogens is 5. The maximum atomic E-state index is 14.0. The summed E-state index contributed by atoms with van der Waals surface area (Å²) in [6.07, 6.45) is 2.59. The number of nitrogens with zero attached hydrogens (tertiary/aromatic N) is 2. The van der Waals surface area contributed by atoms with Crippen molar-refractivity contribution >= 4 is 16.1 Å². The van der Waals surface area contributed by atoms with Crippen LogP contribution in [0.2, 0.25) is 0 Å². The average molecular weight is 709 g/mol. The molecule has 0 radical (unpaired) electrons. The van der Waals surface area contributed by atoms with E-state index in [0.29, 0.717) is 36.7 Å². The van der Waals surface area contributed by atoms with Gasteiger partial charge in [-0.05, 0) is 90.7 Å². The van der Waals surface area contributed by atoms with E-state index in [0.717, 1.165) is 31.5 Å². The third-order valence-electron chi connectivity index (χ3n) is 8.22. The Morgan fingerprint density at radius 3 is 1.75 bits per heavy atom. The summed E-state index contributed by atoms with van der Waals surface area (Å²) >= 11 is 0. The summed E-state index contributed by atoms with van der Waals surface area (Å²) in [4.78, 5) is 16.3. The van der Waals surface area contributed by atoms with Gasteiger partial charge in [0.1, 0.15) is 19.0 Å². The Morgan fingerprint density at radius 1 is 0.854 bits per heavy atom. The molecule has 0 saturated heterocycles. The molecule has 2 aromatic carbocycles. The van der Waals surface area contributed by atoms with Gasteiger partial charge in [0.05, 0.1) is 12.7 Å². The average Bonchev–Trinajstić information content (AvgIpc) is 3.02. The molecule has 2 atom stereocenters. The van der Waals surface area contributed by atoms with Crippen molar-refractivity contribution in [2.75, 3.05) is 33.4 Å². The van der Waals surface area contributed by atoms with E-state index in [2.05, 4.69) is 34.8 Å². The van der Waals surface area contributed by atoms with Gasteiger partial charge in [0.15, 0.2) is 23.1 Å². The van der Waals surface area contributed by atoms with Gasteiger partial charge >= 0.3 is 21.6 Å². The van der Waals surface area contributed by atoms with Gasteiger partial charge in [0.25, 0.3) is 0 Å². The number of esters is 1. The molecule has 15 heteroatoms. The molecule has 4 rings (SSSR count). The van der Waals surface area contributed by atoms with Gasteiger partial charge in [-0.25, -0.2) is 13.6 Å². The third kappa shape index (κ3) is 9.08. The Kier molecular flexibility index (Phi) is 13.5. The highest BCUT2D eigenvalue weighted by Crippen LogP contribution is 2.39. The Balaban J connectivity index is 0.000000264. The molecule has 9 nitrogen and oxygen atoms in total. The van der Waals surface area contributed by atoms with E-state index in [1.807, 2.05) is 20.8 Å². The number of hydrogen-bond donors (Lipinski definition) is 0. The van der Waals surface area contributed by atoms with Crippen molar-refractivity contribution < 1.29 is 53.6 Å². The van der Waals surface area contributed by atoms with E-state index in [1.165, 1.54) is 19.2 Å². The van der Waals surface area contributed by atoms with Crippen LogP contribution >= 0.6 is 0 Å². The lowest BCUT2D eigenvalue weighted by molar-refractivity contribution is -0.0500. The first-order valence-electron chi connectivity index (χ1n) is 16.0. The quantitative estimate of drug-likeness (QED) is 0.112. The Bertz CT molecular complexity index is 1520. The SMILES string of the molecule is CCCN(C(C)C)[C@H]1COc2c(F)ccc(C(=O)OC)c2C1.CCCN(C(C)C)[C@H]1COc2c(F)ccc(OS(=O)(=O)C(F)(F)F)c2C1. The number of rotatable bonds is 11. The van der Waals surface area contributed by atoms with Crippen molar-refractivity contribution in [3.63, 3.8) is 0 Å². The van der Waals surface area contributed by atoms with Crippen molar-refractivity contribution in [1.29, 1.82) is 0 Å². The molecule has 0 amide bonds. The highest BCUT2D eigenvalue weighted by atomic mass is 32.2. The maximum absolute atomic E-state index is 14.0. The van der Waals surface area contributed by atoms with Gasteiger partial charge in [-0.3, -0.25) is 9.80 Å². The molecule has 0 N–H and O–H groups in total. The maximum Gasteiger partial charge on any atom is 0.534 e. The van der Waals surface area contributed by atoms with E-state index in [9.17, 15) is 35.2 Å². The fourth-order valence-electron chi connectivity index (χ4n) is 6.05. The molecule has 2 aliphatic heterocycles. The molecule has 0 fully saturated rings. The Labute approximate surface area is 279 Å². The van der Waals surface area contributed by atoms with E-state index in [1.54, 1.807) is 0 Å². The van der Waals surface area contributed by atoms with Gasteiger partial charge in [-0.2, -0.15) is 21.6 Å². The topological polar surface area (TPSA) is 94.6 Å². The van der Waals surface area contributed by atoms with Gasteiger partial charge in [0, 0.05) is 35.3 Å². The zero-order valence-electron chi connectivity index (χ0n) is 28.3. The number of methoxy groups -OCH3 is 1. The number of alkyl halides is 3. The molecule has 0 aliphatic carbocycles. The van der Waals surface area contributed by atoms with Crippen molar-refractivity contribution in [1.82, 2.24) is 9.80 Å². The lowest BCUT2D eigenvalue weighted by Gasteiger charge is -2.38. The second-order valence-electron chi connectivity index (χ2n) is 12.2. The summed E-state index contributed by atoms with van der Waals surface area (Å²) in [5, 5.41) is 0. The van der Waals surface area contributed by atoms with Crippen LogP contribution in [0.1, 0.15) is 75.9 Å². The highest BCUT2D eigenvalue weighted by molar-refractivity contribution is 7.88. The molecule has 2 aliphatic rings. The largest absolute Gasteiger partial charge is 0.534 e. The fourth-order valence-corrected chi connectivity index (χ4v) is 6.54. The van der Waals surface area contributed by atoms with Crippen LogP contribution in [0.3, 0.4) is 0 Å². The molecule has 2 heterocycles. The van der Waals surface area contributed by atoms with Crippen molar-refractivity contribution in [3.05, 3.63) is 52.6 Å². The minimum atomic E-state index is -5.85. The first kappa shape index (κ1) is 39.3. The Hall–Kier alpha value is -3.17. The van der Waals surface area contributed by atoms with Gasteiger partial charge in [-0.1, -0.05) is 13.8 Å². The van der Waals surface area contributed by atoms with Crippen LogP contribution in [0.15, 0.2) is 24.3 Å². The standard InChI is InChI=1S/C17H24FNO3.C16H21F4NO4S/c1-5-8-19(11(2)3)12-9-14-13(17(20)21-4)6-7-15(18)16(14)22-10-12;1-4-7-21(10(2)3)11-8-12-14(25-26(22,23)16(18,19)20)6-5-13(17)15(12)24-9-11/h6-7,11-12H,5,8-10H2,1-4H3;5-6,10-11H,4,7-9H2,1-3H3/t12-;11-/m11/s1. The van der Waals surface area contributed by atoms with Gasteiger partial charge in [0.2, 0.25) is 0 Å². The van der Waals surface area contributed by atoms with Crippen LogP contribution in [0, 0.1) is 11.6 Å². The summed E-state index contributed by atoms with van der Waals surface area (Å²) in [5.41, 5.74) is -4.58. The molecule has 2 aromatic rings. The van der Waals surface area contributed by atoms with E-state index in [4.69, 9.17) is 14.2 Å². The lowest BCUT2D eigenvalue weighted by Crippen LogP contribution is -2.47. The second-order valence-corrected chi connectivity index (χ2v) is 13.8. The normalized spacial score (nSPS) is 17.7. The molecule has 48 heavy (non-hydrogen) atoms. The predicted octanol–water partition coefficient (Wildman–Crippen LogP) is 6.51. The van der Waals surface area contributed by atoms with Crippen LogP contribution in [0.4, 0.5) is 22.0 Å². The molecular weight excluding hydrogens is 663 g/mol. The molecule has 0 spiro atoms. The van der Waals surface area contributed by atoms with Crippen LogP contribution in [0.25, 0.3) is 0 Å². The van der Waals surface area contributed by atoms with Crippen molar-refractivity contribution in [3.8, 4) is 17.2 Å². The van der Waals surface area contributed by atoms with E-state index < -0.39 is 39.0 Å². The smallest absolute Gasteiger partial charge is 0.489 e. The molecule has 0 unspecified atom stereocenters. The summed E-state index contributed by atoms with van der Waals surface area (Å²) in [5.74, 6) is -2.29. The number of benzene rings is 2. The predicted molar refractivity (Wildman–Crippen MR) is 170 cm³/mol. The minimum Gasteiger partial charge on any atom is -0.489 e. The van der Waals surface area contributed by atoms with Crippen LogP contribution < -0.4 is 13.7 Å². The third-order valence-corrected chi connectivity index (χ3v) is 9.18. The summed E-state index contributed by atoms with van der Waals surface area (Å²) in [6.45, 7) is 14.6. The molecule has 270 valence electrons. The molecular formula is C33H45F5N2O7S. The van der Waals surface area contributed by atoms with Gasteiger partial charge in [-0.15, -0.1) is 0 Å². The first-order chi connectivity index (χ1) is 22.5. The number of ether oxygens (including phenoxy) is 3. The molecule has 0 bridgehead atoms. The zero-order valence-corrected chi connectivity index (χ0v) is 29.1. The number of hydrogen-bond acceptors (Lipinski definition) is 9. The van der Waals surface area contributed by atoms with E-state index in [-0.39, 0.29) is 48.2 Å². The first-order valence-corrected chi connectivity index (χ1v) is 17.4. The second kappa shape index (κ2) is 16.5. The van der Waals surface area contributed by atoms with Crippen LogP contribution in [-0.4, -0.2) is 87.3 Å². The van der Waals surface area contributed by atoms with Crippen LogP contribution in [0.5, 0.6) is 17.2 Å². The highest BCUT2D eigenvalue weighted by Gasteiger charge is 2.49. The number of carbonyl (C=O) groups is 1. The molecule has 0 aromatic heterocycles. The Morgan fingerprint density at radius 2 is 1.31 bits per heavy atom. The number of fused-ring (bicyclic) bond motifs is 2. The minimum absolute atomic E-state index is 0.0178. The summed E-state index contributed by atoms with van der Waals surface area (Å²) in [7, 11) is -4.52. The van der Waals surface area contributed by atoms with Crippen molar-refractivity contribution in [2.24, 2.45) is 0 Å². The summed E-state index contributed by atoms with van der Waals surface area (Å²) in [6, 6.07) is 4.84. The zero-order chi connectivity index (χ0) is 36.0. The van der Waals surface area contributed by atoms with Crippen LogP contribution in [-0.2, 0) is 27.7 Å². The summed E-state index contributed by atoms with van der Waals surface area (Å²) < 4.78 is 109. The number of carbonyl (C=O) groups excluding carboxylic acids is 1. The fraction of sp³-hybridized carbons (Fsp3) is 0.606. The van der Waals surface area contributed by atoms with Crippen molar-refractivity contribution in [2.45, 2.75) is 96.9 Å². The monoisotopic (exact) mass is 708 g/mol.